The number of rotatable bonds is 8. The normalized spacial score (nSPS) is 13.8. The Morgan fingerprint density at radius 3 is 2.42 bits per heavy atom. The van der Waals surface area contributed by atoms with Crippen LogP contribution >= 0.6 is 11.6 Å². The fourth-order valence-corrected chi connectivity index (χ4v) is 5.55. The number of morpholine rings is 1. The highest BCUT2D eigenvalue weighted by molar-refractivity contribution is 7.93. The molecule has 0 atom stereocenters. The first-order valence-electron chi connectivity index (χ1n) is 11.5. The lowest BCUT2D eigenvalue weighted by Gasteiger charge is -2.30. The monoisotopic (exact) mass is 529 g/mol. The Morgan fingerprint density at radius 1 is 1.03 bits per heavy atom. The van der Waals surface area contributed by atoms with Crippen molar-refractivity contribution in [3.8, 4) is 5.75 Å². The zero-order valence-corrected chi connectivity index (χ0v) is 21.7. The topological polar surface area (TPSA) is 97.0 Å². The van der Waals surface area contributed by atoms with Crippen molar-refractivity contribution in [2.45, 2.75) is 18.7 Å². The van der Waals surface area contributed by atoms with Gasteiger partial charge in [-0.2, -0.15) is 0 Å². The number of ether oxygens (including phenoxy) is 2. The van der Waals surface area contributed by atoms with Crippen LogP contribution in [0.4, 0.5) is 17.1 Å². The van der Waals surface area contributed by atoms with Crippen LogP contribution < -0.4 is 19.7 Å². The maximum atomic E-state index is 13.5. The van der Waals surface area contributed by atoms with E-state index in [4.69, 9.17) is 21.1 Å². The maximum absolute atomic E-state index is 13.5. The predicted octanol–water partition coefficient (Wildman–Crippen LogP) is 4.61. The summed E-state index contributed by atoms with van der Waals surface area (Å²) < 4.78 is 40.5. The molecule has 1 fully saturated rings. The molecule has 0 radical (unpaired) electrons. The summed E-state index contributed by atoms with van der Waals surface area (Å²) in [5.74, 6) is 0.188. The minimum absolute atomic E-state index is 0.0253. The molecular formula is C26H28ClN3O5S. The van der Waals surface area contributed by atoms with Gasteiger partial charge in [0.05, 0.1) is 29.6 Å². The Hall–Kier alpha value is -3.27. The third-order valence-corrected chi connectivity index (χ3v) is 7.29. The van der Waals surface area contributed by atoms with Crippen molar-refractivity contribution in [1.29, 1.82) is 0 Å². The number of aryl methyl sites for hydroxylation is 2. The summed E-state index contributed by atoms with van der Waals surface area (Å²) in [5, 5.41) is 3.01. The van der Waals surface area contributed by atoms with Gasteiger partial charge in [0.15, 0.2) is 6.61 Å². The average molecular weight is 530 g/mol. The number of hydrogen-bond donors (Lipinski definition) is 2. The van der Waals surface area contributed by atoms with Crippen LogP contribution in [0.2, 0.25) is 5.02 Å². The highest BCUT2D eigenvalue weighted by Crippen LogP contribution is 2.32. The van der Waals surface area contributed by atoms with Crippen LogP contribution in [0, 0.1) is 13.8 Å². The summed E-state index contributed by atoms with van der Waals surface area (Å²) in [5.41, 5.74) is 3.18. The zero-order valence-electron chi connectivity index (χ0n) is 20.1. The smallest absolute Gasteiger partial charge is 0.264 e. The molecule has 0 saturated carbocycles. The number of nitrogens with one attached hydrogen (secondary N) is 2. The Bertz CT molecular complexity index is 1340. The van der Waals surface area contributed by atoms with Gasteiger partial charge >= 0.3 is 0 Å². The van der Waals surface area contributed by atoms with E-state index in [9.17, 15) is 13.2 Å². The summed E-state index contributed by atoms with van der Waals surface area (Å²) in [6, 6.07) is 17.1. The van der Waals surface area contributed by atoms with Gasteiger partial charge in [-0.05, 0) is 67.4 Å². The van der Waals surface area contributed by atoms with Crippen molar-refractivity contribution < 1.29 is 22.7 Å². The standard InChI is InChI=1S/C26H28ClN3O5S/c1-18-13-19(2)15-21(14-18)35-17-26(31)28-20-7-8-24(30-9-11-34-12-10-30)25(16-20)36(32,33)29-23-6-4-3-5-22(23)27/h3-8,13-16,29H,9-12,17H2,1-2H3,(H,28,31). The second-order valence-corrected chi connectivity index (χ2v) is 10.6. The van der Waals surface area contributed by atoms with E-state index in [1.807, 2.05) is 36.9 Å². The highest BCUT2D eigenvalue weighted by atomic mass is 35.5. The second-order valence-electron chi connectivity index (χ2n) is 8.53. The Morgan fingerprint density at radius 2 is 1.72 bits per heavy atom. The Kier molecular flexibility index (Phi) is 8.03. The second kappa shape index (κ2) is 11.2. The van der Waals surface area contributed by atoms with Crippen LogP contribution in [-0.2, 0) is 19.6 Å². The first-order chi connectivity index (χ1) is 17.2. The molecule has 36 heavy (non-hydrogen) atoms. The fourth-order valence-electron chi connectivity index (χ4n) is 3.98. The number of sulfonamides is 1. The van der Waals surface area contributed by atoms with Crippen molar-refractivity contribution in [1.82, 2.24) is 0 Å². The summed E-state index contributed by atoms with van der Waals surface area (Å²) in [6.45, 7) is 5.77. The molecule has 2 N–H and O–H groups in total. The van der Waals surface area contributed by atoms with Crippen molar-refractivity contribution in [3.05, 3.63) is 76.8 Å². The predicted molar refractivity (Wildman–Crippen MR) is 142 cm³/mol. The van der Waals surface area contributed by atoms with Crippen LogP contribution in [0.25, 0.3) is 0 Å². The van der Waals surface area contributed by atoms with Crippen LogP contribution in [-0.4, -0.2) is 47.2 Å². The van der Waals surface area contributed by atoms with Crippen molar-refractivity contribution in [2.75, 3.05) is 47.8 Å². The van der Waals surface area contributed by atoms with E-state index in [-0.39, 0.29) is 22.2 Å². The SMILES string of the molecule is Cc1cc(C)cc(OCC(=O)Nc2ccc(N3CCOCC3)c(S(=O)(=O)Nc3ccccc3Cl)c2)c1. The number of anilines is 3. The number of halogens is 1. The summed E-state index contributed by atoms with van der Waals surface area (Å²) in [4.78, 5) is 14.6. The molecule has 3 aromatic rings. The Balaban J connectivity index is 1.57. The molecule has 0 aromatic heterocycles. The molecule has 0 aliphatic carbocycles. The first kappa shape index (κ1) is 25.8. The number of para-hydroxylation sites is 1. The molecule has 1 saturated heterocycles. The average Bonchev–Trinajstić information content (AvgIpc) is 2.84. The molecular weight excluding hydrogens is 502 g/mol. The summed E-state index contributed by atoms with van der Waals surface area (Å²) in [6.07, 6.45) is 0. The lowest BCUT2D eigenvalue weighted by atomic mass is 10.1. The molecule has 4 rings (SSSR count). The Labute approximate surface area is 216 Å². The number of carbonyl (C=O) groups excluding carboxylic acids is 1. The number of carbonyl (C=O) groups is 1. The van der Waals surface area contributed by atoms with E-state index in [0.717, 1.165) is 11.1 Å². The van der Waals surface area contributed by atoms with Gasteiger partial charge in [-0.25, -0.2) is 8.42 Å². The van der Waals surface area contributed by atoms with Crippen LogP contribution in [0.1, 0.15) is 11.1 Å². The number of nitrogens with zero attached hydrogens (tertiary/aromatic N) is 1. The molecule has 1 aliphatic heterocycles. The van der Waals surface area contributed by atoms with Crippen LogP contribution in [0.15, 0.2) is 65.6 Å². The van der Waals surface area contributed by atoms with Crippen molar-refractivity contribution in [3.63, 3.8) is 0 Å². The van der Waals surface area contributed by atoms with Crippen molar-refractivity contribution >= 4 is 44.6 Å². The minimum Gasteiger partial charge on any atom is -0.484 e. The minimum atomic E-state index is -4.04. The van der Waals surface area contributed by atoms with E-state index in [0.29, 0.717) is 43.4 Å². The van der Waals surface area contributed by atoms with Gasteiger partial charge in [-0.1, -0.05) is 29.8 Å². The van der Waals surface area contributed by atoms with Gasteiger partial charge in [0.25, 0.3) is 15.9 Å². The molecule has 3 aromatic carbocycles. The molecule has 0 unspecified atom stereocenters. The van der Waals surface area contributed by atoms with Crippen molar-refractivity contribution in [2.24, 2.45) is 0 Å². The van der Waals surface area contributed by atoms with E-state index < -0.39 is 15.9 Å². The largest absolute Gasteiger partial charge is 0.484 e. The molecule has 10 heteroatoms. The lowest BCUT2D eigenvalue weighted by Crippen LogP contribution is -2.37. The van der Waals surface area contributed by atoms with Gasteiger partial charge < -0.3 is 19.7 Å². The van der Waals surface area contributed by atoms with E-state index in [1.54, 1.807) is 36.4 Å². The fraction of sp³-hybridized carbons (Fsp3) is 0.269. The summed E-state index contributed by atoms with van der Waals surface area (Å²) in [7, 11) is -4.04. The quantitative estimate of drug-likeness (QED) is 0.442. The van der Waals surface area contributed by atoms with E-state index in [1.165, 1.54) is 6.07 Å². The van der Waals surface area contributed by atoms with Crippen LogP contribution in [0.3, 0.4) is 0 Å². The lowest BCUT2D eigenvalue weighted by molar-refractivity contribution is -0.118. The van der Waals surface area contributed by atoms with Crippen LogP contribution in [0.5, 0.6) is 5.75 Å². The molecule has 8 nitrogen and oxygen atoms in total. The molecule has 1 amide bonds. The third-order valence-electron chi connectivity index (χ3n) is 5.57. The molecule has 1 heterocycles. The molecule has 190 valence electrons. The zero-order chi connectivity index (χ0) is 25.7. The van der Waals surface area contributed by atoms with E-state index in [2.05, 4.69) is 10.0 Å². The highest BCUT2D eigenvalue weighted by Gasteiger charge is 2.25. The third kappa shape index (κ3) is 6.48. The number of amides is 1. The van der Waals surface area contributed by atoms with Gasteiger partial charge in [-0.3, -0.25) is 9.52 Å². The van der Waals surface area contributed by atoms with Gasteiger partial charge in [-0.15, -0.1) is 0 Å². The first-order valence-corrected chi connectivity index (χ1v) is 13.3. The number of benzene rings is 3. The van der Waals surface area contributed by atoms with Gasteiger partial charge in [0, 0.05) is 18.8 Å². The van der Waals surface area contributed by atoms with E-state index >= 15 is 0 Å². The number of hydrogen-bond acceptors (Lipinski definition) is 6. The van der Waals surface area contributed by atoms with Gasteiger partial charge in [0.1, 0.15) is 10.6 Å². The molecule has 1 aliphatic rings. The molecule has 0 spiro atoms. The summed E-state index contributed by atoms with van der Waals surface area (Å²) >= 11 is 6.19. The van der Waals surface area contributed by atoms with Gasteiger partial charge in [0.2, 0.25) is 0 Å². The maximum Gasteiger partial charge on any atom is 0.264 e. The molecule has 0 bridgehead atoms.